The molecular weight excluding hydrogens is 357 g/mol. The van der Waals surface area contributed by atoms with E-state index in [0.717, 1.165) is 18.4 Å². The fourth-order valence-corrected chi connectivity index (χ4v) is 3.90. The lowest BCUT2D eigenvalue weighted by atomic mass is 9.76. The standard InChI is InChI=1S/C18H28IN/c1-3-14-5-9-16(10-6-14)18(20-4-2)13-15-7-11-17(19)12-8-15/h7-8,11-12,14,16,18,20H,3-6,9-10,13H2,1-2H3. The summed E-state index contributed by atoms with van der Waals surface area (Å²) in [6, 6.07) is 9.71. The monoisotopic (exact) mass is 385 g/mol. The minimum Gasteiger partial charge on any atom is -0.314 e. The predicted molar refractivity (Wildman–Crippen MR) is 96.1 cm³/mol. The van der Waals surface area contributed by atoms with Crippen molar-refractivity contribution in [1.29, 1.82) is 0 Å². The van der Waals surface area contributed by atoms with E-state index in [-0.39, 0.29) is 0 Å². The van der Waals surface area contributed by atoms with Crippen LogP contribution < -0.4 is 5.32 Å². The summed E-state index contributed by atoms with van der Waals surface area (Å²) in [5, 5.41) is 3.75. The van der Waals surface area contributed by atoms with Gasteiger partial charge in [-0.1, -0.05) is 45.2 Å². The molecule has 0 aromatic heterocycles. The average Bonchev–Trinajstić information content (AvgIpc) is 2.49. The van der Waals surface area contributed by atoms with Gasteiger partial charge in [0.25, 0.3) is 0 Å². The van der Waals surface area contributed by atoms with Gasteiger partial charge in [-0.05, 0) is 77.9 Å². The van der Waals surface area contributed by atoms with Crippen molar-refractivity contribution in [1.82, 2.24) is 5.32 Å². The second-order valence-corrected chi connectivity index (χ2v) is 7.43. The topological polar surface area (TPSA) is 12.0 Å². The molecule has 1 aromatic carbocycles. The lowest BCUT2D eigenvalue weighted by molar-refractivity contribution is 0.218. The zero-order valence-corrected chi connectivity index (χ0v) is 15.0. The van der Waals surface area contributed by atoms with Crippen LogP contribution >= 0.6 is 22.6 Å². The van der Waals surface area contributed by atoms with Gasteiger partial charge in [-0.25, -0.2) is 0 Å². The highest BCUT2D eigenvalue weighted by Gasteiger charge is 2.26. The Labute approximate surface area is 138 Å². The Kier molecular flexibility index (Phi) is 6.82. The van der Waals surface area contributed by atoms with Crippen molar-refractivity contribution in [3.05, 3.63) is 33.4 Å². The molecule has 1 fully saturated rings. The Morgan fingerprint density at radius 1 is 1.10 bits per heavy atom. The molecule has 0 bridgehead atoms. The van der Waals surface area contributed by atoms with E-state index in [2.05, 4.69) is 66.0 Å². The molecule has 0 saturated heterocycles. The zero-order valence-electron chi connectivity index (χ0n) is 12.9. The van der Waals surface area contributed by atoms with Crippen molar-refractivity contribution in [3.63, 3.8) is 0 Å². The van der Waals surface area contributed by atoms with Crippen LogP contribution in [0.2, 0.25) is 0 Å². The molecule has 112 valence electrons. The summed E-state index contributed by atoms with van der Waals surface area (Å²) < 4.78 is 1.33. The Morgan fingerprint density at radius 2 is 1.75 bits per heavy atom. The van der Waals surface area contributed by atoms with Crippen LogP contribution in [0.4, 0.5) is 0 Å². The third kappa shape index (κ3) is 4.73. The number of nitrogens with one attached hydrogen (secondary N) is 1. The summed E-state index contributed by atoms with van der Waals surface area (Å²) in [6.45, 7) is 5.67. The van der Waals surface area contributed by atoms with E-state index in [1.165, 1.54) is 47.7 Å². The molecule has 1 N–H and O–H groups in total. The molecular formula is C18H28IN. The van der Waals surface area contributed by atoms with Crippen molar-refractivity contribution >= 4 is 22.6 Å². The van der Waals surface area contributed by atoms with Crippen molar-refractivity contribution in [2.45, 2.75) is 58.4 Å². The van der Waals surface area contributed by atoms with Crippen molar-refractivity contribution in [2.75, 3.05) is 6.54 Å². The summed E-state index contributed by atoms with van der Waals surface area (Å²) in [5.74, 6) is 1.86. The van der Waals surface area contributed by atoms with E-state index in [0.29, 0.717) is 6.04 Å². The molecule has 1 nitrogen and oxygen atoms in total. The lowest BCUT2D eigenvalue weighted by Gasteiger charge is -2.34. The Bertz CT molecular complexity index is 379. The zero-order chi connectivity index (χ0) is 14.4. The van der Waals surface area contributed by atoms with Gasteiger partial charge in [-0.2, -0.15) is 0 Å². The van der Waals surface area contributed by atoms with Crippen molar-refractivity contribution in [2.24, 2.45) is 11.8 Å². The van der Waals surface area contributed by atoms with Crippen LogP contribution in [0.3, 0.4) is 0 Å². The van der Waals surface area contributed by atoms with Crippen LogP contribution in [0.5, 0.6) is 0 Å². The maximum absolute atomic E-state index is 3.75. The third-order valence-electron chi connectivity index (χ3n) is 4.87. The van der Waals surface area contributed by atoms with Gasteiger partial charge in [0.1, 0.15) is 0 Å². The summed E-state index contributed by atoms with van der Waals surface area (Å²) in [4.78, 5) is 0. The van der Waals surface area contributed by atoms with Gasteiger partial charge in [-0.3, -0.25) is 0 Å². The minimum absolute atomic E-state index is 0.665. The molecule has 2 rings (SSSR count). The average molecular weight is 385 g/mol. The number of benzene rings is 1. The van der Waals surface area contributed by atoms with Gasteiger partial charge in [0.2, 0.25) is 0 Å². The summed E-state index contributed by atoms with van der Waals surface area (Å²) >= 11 is 2.38. The van der Waals surface area contributed by atoms with Gasteiger partial charge >= 0.3 is 0 Å². The van der Waals surface area contributed by atoms with Crippen LogP contribution in [-0.2, 0) is 6.42 Å². The van der Waals surface area contributed by atoms with E-state index in [1.54, 1.807) is 0 Å². The lowest BCUT2D eigenvalue weighted by Crippen LogP contribution is -2.39. The Hall–Kier alpha value is -0.0900. The largest absolute Gasteiger partial charge is 0.314 e. The molecule has 1 atom stereocenters. The predicted octanol–water partition coefficient (Wildman–Crippen LogP) is 5.03. The molecule has 1 unspecified atom stereocenters. The molecule has 0 spiro atoms. The number of hydrogen-bond donors (Lipinski definition) is 1. The number of halogens is 1. The SMILES string of the molecule is CCNC(Cc1ccc(I)cc1)C1CCC(CC)CC1. The van der Waals surface area contributed by atoms with Crippen LogP contribution in [-0.4, -0.2) is 12.6 Å². The van der Waals surface area contributed by atoms with E-state index in [1.807, 2.05) is 0 Å². The first-order chi connectivity index (χ1) is 9.72. The molecule has 1 aliphatic rings. The highest BCUT2D eigenvalue weighted by atomic mass is 127. The normalized spacial score (nSPS) is 24.6. The van der Waals surface area contributed by atoms with Crippen molar-refractivity contribution in [3.8, 4) is 0 Å². The smallest absolute Gasteiger partial charge is 0.0136 e. The van der Waals surface area contributed by atoms with E-state index in [4.69, 9.17) is 0 Å². The molecule has 0 amide bonds. The molecule has 20 heavy (non-hydrogen) atoms. The highest BCUT2D eigenvalue weighted by molar-refractivity contribution is 14.1. The van der Waals surface area contributed by atoms with Gasteiger partial charge < -0.3 is 5.32 Å². The van der Waals surface area contributed by atoms with Crippen LogP contribution in [0.25, 0.3) is 0 Å². The first kappa shape index (κ1) is 16.3. The van der Waals surface area contributed by atoms with Gasteiger partial charge in [0.05, 0.1) is 0 Å². The second kappa shape index (κ2) is 8.38. The minimum atomic E-state index is 0.665. The van der Waals surface area contributed by atoms with Crippen LogP contribution in [0, 0.1) is 15.4 Å². The van der Waals surface area contributed by atoms with Gasteiger partial charge in [0.15, 0.2) is 0 Å². The summed E-state index contributed by atoms with van der Waals surface area (Å²) in [7, 11) is 0. The molecule has 2 heteroatoms. The summed E-state index contributed by atoms with van der Waals surface area (Å²) in [5.41, 5.74) is 1.48. The van der Waals surface area contributed by atoms with Crippen LogP contribution in [0.15, 0.2) is 24.3 Å². The van der Waals surface area contributed by atoms with E-state index < -0.39 is 0 Å². The molecule has 1 saturated carbocycles. The van der Waals surface area contributed by atoms with Gasteiger partial charge in [0, 0.05) is 9.61 Å². The quantitative estimate of drug-likeness (QED) is 0.678. The molecule has 0 radical (unpaired) electrons. The fourth-order valence-electron chi connectivity index (χ4n) is 3.54. The number of rotatable bonds is 6. The maximum atomic E-state index is 3.75. The number of likely N-dealkylation sites (N-methyl/N-ethyl adjacent to an activating group) is 1. The first-order valence-electron chi connectivity index (χ1n) is 8.20. The molecule has 0 aliphatic heterocycles. The Balaban J connectivity index is 1.94. The maximum Gasteiger partial charge on any atom is 0.0136 e. The second-order valence-electron chi connectivity index (χ2n) is 6.18. The van der Waals surface area contributed by atoms with Crippen molar-refractivity contribution < 1.29 is 0 Å². The molecule has 0 heterocycles. The summed E-state index contributed by atoms with van der Waals surface area (Å²) in [6.07, 6.45) is 8.27. The first-order valence-corrected chi connectivity index (χ1v) is 9.28. The molecule has 1 aromatic rings. The third-order valence-corrected chi connectivity index (χ3v) is 5.59. The Morgan fingerprint density at radius 3 is 2.30 bits per heavy atom. The van der Waals surface area contributed by atoms with E-state index >= 15 is 0 Å². The van der Waals surface area contributed by atoms with Gasteiger partial charge in [-0.15, -0.1) is 0 Å². The highest BCUT2D eigenvalue weighted by Crippen LogP contribution is 2.33. The number of hydrogen-bond acceptors (Lipinski definition) is 1. The fraction of sp³-hybridized carbons (Fsp3) is 0.667. The van der Waals surface area contributed by atoms with E-state index in [9.17, 15) is 0 Å². The van der Waals surface area contributed by atoms with Crippen LogP contribution in [0.1, 0.15) is 51.5 Å². The molecule has 1 aliphatic carbocycles.